The fourth-order valence-electron chi connectivity index (χ4n) is 2.16. The molecule has 0 unspecified atom stereocenters. The van der Waals surface area contributed by atoms with Crippen molar-refractivity contribution in [3.8, 4) is 0 Å². The van der Waals surface area contributed by atoms with Crippen LogP contribution in [0.3, 0.4) is 0 Å². The van der Waals surface area contributed by atoms with E-state index < -0.39 is 0 Å². The van der Waals surface area contributed by atoms with Crippen molar-refractivity contribution < 1.29 is 0 Å². The van der Waals surface area contributed by atoms with Crippen LogP contribution in [0.1, 0.15) is 29.1 Å². The predicted octanol–water partition coefficient (Wildman–Crippen LogP) is 1.67. The molecule has 90 valence electrons. The topological polar surface area (TPSA) is 42.1 Å². The van der Waals surface area contributed by atoms with Crippen molar-refractivity contribution in [1.29, 1.82) is 0 Å². The van der Waals surface area contributed by atoms with Crippen LogP contribution in [0.25, 0.3) is 0 Å². The van der Waals surface area contributed by atoms with Crippen LogP contribution in [0.2, 0.25) is 0 Å². The van der Waals surface area contributed by atoms with Crippen molar-refractivity contribution in [3.05, 3.63) is 16.1 Å². The molecule has 0 aliphatic carbocycles. The molecule has 1 aliphatic heterocycles. The van der Waals surface area contributed by atoms with Gasteiger partial charge in [0.2, 0.25) is 0 Å². The third kappa shape index (κ3) is 3.54. The van der Waals surface area contributed by atoms with Gasteiger partial charge in [0.1, 0.15) is 0 Å². The fraction of sp³-hybridized carbons (Fsp3) is 0.750. The van der Waals surface area contributed by atoms with E-state index in [4.69, 9.17) is 5.73 Å². The molecule has 0 radical (unpaired) electrons. The minimum atomic E-state index is 0.730. The van der Waals surface area contributed by atoms with E-state index in [-0.39, 0.29) is 0 Å². The van der Waals surface area contributed by atoms with Crippen molar-refractivity contribution in [1.82, 2.24) is 9.88 Å². The Labute approximate surface area is 102 Å². The van der Waals surface area contributed by atoms with E-state index in [2.05, 4.69) is 9.88 Å². The number of hydrogen-bond acceptors (Lipinski definition) is 4. The minimum absolute atomic E-state index is 0.730. The second kappa shape index (κ2) is 6.33. The van der Waals surface area contributed by atoms with Crippen LogP contribution in [-0.2, 0) is 12.8 Å². The fourth-order valence-corrected chi connectivity index (χ4v) is 3.08. The summed E-state index contributed by atoms with van der Waals surface area (Å²) in [6.45, 7) is 4.46. The molecule has 2 heterocycles. The third-order valence-corrected chi connectivity index (χ3v) is 4.20. The van der Waals surface area contributed by atoms with Crippen LogP contribution in [0.5, 0.6) is 0 Å². The van der Waals surface area contributed by atoms with Gasteiger partial charge in [-0.2, -0.15) is 0 Å². The van der Waals surface area contributed by atoms with Gasteiger partial charge in [-0.05, 0) is 38.9 Å². The molecule has 0 spiro atoms. The van der Waals surface area contributed by atoms with E-state index in [9.17, 15) is 0 Å². The summed E-state index contributed by atoms with van der Waals surface area (Å²) in [6.07, 6.45) is 8.22. The van der Waals surface area contributed by atoms with Crippen molar-refractivity contribution in [3.63, 3.8) is 0 Å². The van der Waals surface area contributed by atoms with Gasteiger partial charge in [0.05, 0.1) is 5.01 Å². The second-order valence-corrected chi connectivity index (χ2v) is 5.61. The van der Waals surface area contributed by atoms with E-state index in [0.29, 0.717) is 0 Å². The van der Waals surface area contributed by atoms with Gasteiger partial charge in [0, 0.05) is 24.0 Å². The molecule has 1 saturated heterocycles. The summed E-state index contributed by atoms with van der Waals surface area (Å²) in [6, 6.07) is 0. The number of rotatable bonds is 5. The summed E-state index contributed by atoms with van der Waals surface area (Å²) in [7, 11) is 0. The molecule has 1 fully saturated rings. The maximum Gasteiger partial charge on any atom is 0.0940 e. The highest BCUT2D eigenvalue weighted by Gasteiger charge is 2.10. The summed E-state index contributed by atoms with van der Waals surface area (Å²) >= 11 is 1.83. The zero-order valence-electron chi connectivity index (χ0n) is 9.82. The Hall–Kier alpha value is -0.450. The van der Waals surface area contributed by atoms with Gasteiger partial charge >= 0.3 is 0 Å². The Morgan fingerprint density at radius 2 is 2.06 bits per heavy atom. The zero-order valence-corrected chi connectivity index (χ0v) is 10.6. The minimum Gasteiger partial charge on any atom is -0.330 e. The monoisotopic (exact) mass is 239 g/mol. The maximum atomic E-state index is 5.53. The molecular formula is C12H21N3S. The van der Waals surface area contributed by atoms with Gasteiger partial charge in [-0.3, -0.25) is 0 Å². The summed E-state index contributed by atoms with van der Waals surface area (Å²) in [5.74, 6) is 0. The normalized spacial score (nSPS) is 17.8. The first kappa shape index (κ1) is 12.0. The van der Waals surface area contributed by atoms with E-state index >= 15 is 0 Å². The number of piperidine rings is 1. The molecule has 1 aromatic rings. The maximum absolute atomic E-state index is 5.53. The SMILES string of the molecule is NCCc1cnc(CCN2CCCCC2)s1. The van der Waals surface area contributed by atoms with Gasteiger partial charge in [0.25, 0.3) is 0 Å². The number of aromatic nitrogens is 1. The smallest absolute Gasteiger partial charge is 0.0940 e. The zero-order chi connectivity index (χ0) is 11.2. The lowest BCUT2D eigenvalue weighted by Crippen LogP contribution is -2.31. The molecule has 16 heavy (non-hydrogen) atoms. The van der Waals surface area contributed by atoms with Crippen molar-refractivity contribution >= 4 is 11.3 Å². The van der Waals surface area contributed by atoms with Crippen LogP contribution in [0.4, 0.5) is 0 Å². The Balaban J connectivity index is 1.75. The Morgan fingerprint density at radius 3 is 2.81 bits per heavy atom. The van der Waals surface area contributed by atoms with Crippen molar-refractivity contribution in [2.45, 2.75) is 32.1 Å². The summed E-state index contributed by atoms with van der Waals surface area (Å²) in [5, 5.41) is 1.27. The lowest BCUT2D eigenvalue weighted by Gasteiger charge is -2.25. The molecule has 0 bridgehead atoms. The summed E-state index contributed by atoms with van der Waals surface area (Å²) in [4.78, 5) is 8.35. The quantitative estimate of drug-likeness (QED) is 0.850. The third-order valence-electron chi connectivity index (χ3n) is 3.08. The number of nitrogens with two attached hydrogens (primary N) is 1. The van der Waals surface area contributed by atoms with Crippen LogP contribution in [0, 0.1) is 0 Å². The van der Waals surface area contributed by atoms with E-state index in [1.54, 1.807) is 0 Å². The highest BCUT2D eigenvalue weighted by molar-refractivity contribution is 7.11. The van der Waals surface area contributed by atoms with Gasteiger partial charge in [-0.1, -0.05) is 6.42 Å². The van der Waals surface area contributed by atoms with E-state index in [1.807, 2.05) is 17.5 Å². The standard InChI is InChI=1S/C12H21N3S/c13-6-4-11-10-14-12(16-11)5-9-15-7-2-1-3-8-15/h10H,1-9,13H2. The molecule has 3 nitrogen and oxygen atoms in total. The largest absolute Gasteiger partial charge is 0.330 e. The van der Waals surface area contributed by atoms with E-state index in [1.165, 1.54) is 48.8 Å². The first-order valence-corrected chi connectivity index (χ1v) is 7.06. The Bertz CT molecular complexity index is 305. The van der Waals surface area contributed by atoms with Crippen LogP contribution < -0.4 is 5.73 Å². The summed E-state index contributed by atoms with van der Waals surface area (Å²) < 4.78 is 0. The Kier molecular flexibility index (Phi) is 4.75. The van der Waals surface area contributed by atoms with Crippen LogP contribution >= 0.6 is 11.3 Å². The number of hydrogen-bond donors (Lipinski definition) is 1. The highest BCUT2D eigenvalue weighted by atomic mass is 32.1. The van der Waals surface area contributed by atoms with Crippen molar-refractivity contribution in [2.24, 2.45) is 5.73 Å². The lowest BCUT2D eigenvalue weighted by atomic mass is 10.1. The molecule has 0 saturated carbocycles. The number of thiazole rings is 1. The number of nitrogens with zero attached hydrogens (tertiary/aromatic N) is 2. The van der Waals surface area contributed by atoms with Crippen LogP contribution in [0.15, 0.2) is 6.20 Å². The molecule has 4 heteroatoms. The average Bonchev–Trinajstić information content (AvgIpc) is 2.76. The molecule has 1 aromatic heterocycles. The van der Waals surface area contributed by atoms with Crippen molar-refractivity contribution in [2.75, 3.05) is 26.2 Å². The molecule has 1 aliphatic rings. The predicted molar refractivity (Wildman–Crippen MR) is 68.9 cm³/mol. The van der Waals surface area contributed by atoms with Gasteiger partial charge in [-0.25, -0.2) is 4.98 Å². The molecule has 2 rings (SSSR count). The van der Waals surface area contributed by atoms with Crippen LogP contribution in [-0.4, -0.2) is 36.1 Å². The molecule has 0 amide bonds. The molecule has 0 aromatic carbocycles. The lowest BCUT2D eigenvalue weighted by molar-refractivity contribution is 0.231. The van der Waals surface area contributed by atoms with Gasteiger partial charge in [-0.15, -0.1) is 11.3 Å². The average molecular weight is 239 g/mol. The molecule has 0 atom stereocenters. The molecule has 2 N–H and O–H groups in total. The van der Waals surface area contributed by atoms with E-state index in [0.717, 1.165) is 19.4 Å². The Morgan fingerprint density at radius 1 is 1.25 bits per heavy atom. The van der Waals surface area contributed by atoms with Gasteiger partial charge < -0.3 is 10.6 Å². The highest BCUT2D eigenvalue weighted by Crippen LogP contribution is 2.15. The summed E-state index contributed by atoms with van der Waals surface area (Å²) in [5.41, 5.74) is 5.53. The molecular weight excluding hydrogens is 218 g/mol. The number of likely N-dealkylation sites (tertiary alicyclic amines) is 1. The van der Waals surface area contributed by atoms with Gasteiger partial charge in [0.15, 0.2) is 0 Å². The second-order valence-electron chi connectivity index (χ2n) is 4.41. The first-order chi connectivity index (χ1) is 7.88. The first-order valence-electron chi connectivity index (χ1n) is 6.24.